The molecule has 24 heavy (non-hydrogen) atoms. The van der Waals surface area contributed by atoms with Crippen LogP contribution in [0.25, 0.3) is 0 Å². The summed E-state index contributed by atoms with van der Waals surface area (Å²) in [4.78, 5) is 21.3. The number of piperazine rings is 1. The molecule has 1 aliphatic heterocycles. The van der Waals surface area contributed by atoms with Crippen molar-refractivity contribution in [1.82, 2.24) is 15.2 Å². The molecule has 0 bridgehead atoms. The lowest BCUT2D eigenvalue weighted by Crippen LogP contribution is -2.44. The molecular formula is C19H28N4O. The van der Waals surface area contributed by atoms with Gasteiger partial charge in [-0.2, -0.15) is 0 Å². The third-order valence-electron chi connectivity index (χ3n) is 4.97. The van der Waals surface area contributed by atoms with E-state index in [0.29, 0.717) is 12.1 Å². The maximum atomic E-state index is 12.4. The molecule has 1 fully saturated rings. The van der Waals surface area contributed by atoms with Crippen LogP contribution in [0.2, 0.25) is 0 Å². The molecule has 1 saturated heterocycles. The second-order valence-corrected chi connectivity index (χ2v) is 6.84. The molecule has 5 heteroatoms. The van der Waals surface area contributed by atoms with Crippen molar-refractivity contribution in [3.63, 3.8) is 0 Å². The van der Waals surface area contributed by atoms with Crippen LogP contribution in [0.1, 0.15) is 42.5 Å². The fourth-order valence-corrected chi connectivity index (χ4v) is 3.36. The molecule has 3 rings (SSSR count). The van der Waals surface area contributed by atoms with Gasteiger partial charge in [-0.05, 0) is 45.2 Å². The number of aromatic nitrogens is 1. The van der Waals surface area contributed by atoms with Gasteiger partial charge in [0.05, 0.1) is 17.4 Å². The minimum absolute atomic E-state index is 0.0186. The molecule has 2 aliphatic rings. The van der Waals surface area contributed by atoms with E-state index in [1.54, 1.807) is 6.20 Å². The average molecular weight is 328 g/mol. The van der Waals surface area contributed by atoms with E-state index in [1.165, 1.54) is 31.3 Å². The van der Waals surface area contributed by atoms with Gasteiger partial charge in [0, 0.05) is 38.9 Å². The summed E-state index contributed by atoms with van der Waals surface area (Å²) in [7, 11) is 2.14. The van der Waals surface area contributed by atoms with Gasteiger partial charge in [-0.1, -0.05) is 11.6 Å². The quantitative estimate of drug-likeness (QED) is 0.844. The van der Waals surface area contributed by atoms with Crippen LogP contribution in [-0.4, -0.2) is 55.6 Å². The molecule has 1 aromatic rings. The Morgan fingerprint density at radius 2 is 2.04 bits per heavy atom. The van der Waals surface area contributed by atoms with E-state index in [4.69, 9.17) is 0 Å². The summed E-state index contributed by atoms with van der Waals surface area (Å²) in [6.45, 7) is 4.77. The second kappa shape index (κ2) is 8.29. The number of hydrogen-bond donors (Lipinski definition) is 1. The Morgan fingerprint density at radius 3 is 2.79 bits per heavy atom. The number of amides is 1. The molecule has 1 amide bonds. The molecule has 0 atom stereocenters. The maximum absolute atomic E-state index is 12.4. The summed E-state index contributed by atoms with van der Waals surface area (Å²) in [5.74, 6) is -0.0186. The molecule has 130 valence electrons. The van der Waals surface area contributed by atoms with Crippen molar-refractivity contribution in [2.24, 2.45) is 0 Å². The third kappa shape index (κ3) is 4.57. The summed E-state index contributed by atoms with van der Waals surface area (Å²) < 4.78 is 0. The highest BCUT2D eigenvalue weighted by Crippen LogP contribution is 2.20. The van der Waals surface area contributed by atoms with Gasteiger partial charge in [-0.25, -0.2) is 0 Å². The van der Waals surface area contributed by atoms with Gasteiger partial charge in [-0.3, -0.25) is 9.78 Å². The number of nitrogens with zero attached hydrogens (tertiary/aromatic N) is 3. The smallest absolute Gasteiger partial charge is 0.252 e. The first kappa shape index (κ1) is 17.0. The van der Waals surface area contributed by atoms with Crippen LogP contribution in [0.5, 0.6) is 0 Å². The first-order valence-corrected chi connectivity index (χ1v) is 9.07. The summed E-state index contributed by atoms with van der Waals surface area (Å²) in [5.41, 5.74) is 3.20. The van der Waals surface area contributed by atoms with Crippen molar-refractivity contribution in [2.45, 2.75) is 32.1 Å². The maximum Gasteiger partial charge on any atom is 0.252 e. The van der Waals surface area contributed by atoms with Crippen LogP contribution in [0.4, 0.5) is 5.69 Å². The standard InChI is InChI=1S/C19H28N4O/c1-22-9-11-23(12-10-22)18-13-17(14-20-15-18)19(24)21-8-7-16-5-3-2-4-6-16/h5,13-15H,2-4,6-12H2,1H3,(H,21,24). The number of pyridine rings is 1. The van der Waals surface area contributed by atoms with Crippen molar-refractivity contribution < 1.29 is 4.79 Å². The summed E-state index contributed by atoms with van der Waals surface area (Å²) >= 11 is 0. The van der Waals surface area contributed by atoms with Crippen molar-refractivity contribution in [2.75, 3.05) is 44.7 Å². The van der Waals surface area contributed by atoms with Crippen molar-refractivity contribution in [1.29, 1.82) is 0 Å². The predicted molar refractivity (Wildman–Crippen MR) is 97.4 cm³/mol. The van der Waals surface area contributed by atoms with Crippen LogP contribution in [0.3, 0.4) is 0 Å². The van der Waals surface area contributed by atoms with E-state index in [2.05, 4.69) is 33.2 Å². The van der Waals surface area contributed by atoms with Crippen LogP contribution in [0.15, 0.2) is 30.1 Å². The lowest BCUT2D eigenvalue weighted by Gasteiger charge is -2.33. The Labute approximate surface area is 144 Å². The fourth-order valence-electron chi connectivity index (χ4n) is 3.36. The van der Waals surface area contributed by atoms with Gasteiger partial charge in [0.2, 0.25) is 0 Å². The van der Waals surface area contributed by atoms with Crippen molar-refractivity contribution >= 4 is 11.6 Å². The number of carbonyl (C=O) groups excluding carboxylic acids is 1. The topological polar surface area (TPSA) is 48.5 Å². The lowest BCUT2D eigenvalue weighted by atomic mass is 9.97. The zero-order valence-corrected chi connectivity index (χ0v) is 14.6. The fraction of sp³-hybridized carbons (Fsp3) is 0.579. The highest BCUT2D eigenvalue weighted by atomic mass is 16.1. The third-order valence-corrected chi connectivity index (χ3v) is 4.97. The highest BCUT2D eigenvalue weighted by Gasteiger charge is 2.16. The highest BCUT2D eigenvalue weighted by molar-refractivity contribution is 5.94. The Bertz CT molecular complexity index is 591. The molecule has 1 aromatic heterocycles. The number of carbonyl (C=O) groups is 1. The predicted octanol–water partition coefficient (Wildman–Crippen LogP) is 2.45. The monoisotopic (exact) mass is 328 g/mol. The Kier molecular flexibility index (Phi) is 5.86. The number of likely N-dealkylation sites (N-methyl/N-ethyl adjacent to an activating group) is 1. The molecule has 1 N–H and O–H groups in total. The Morgan fingerprint density at radius 1 is 1.21 bits per heavy atom. The van der Waals surface area contributed by atoms with Crippen LogP contribution in [-0.2, 0) is 0 Å². The van der Waals surface area contributed by atoms with E-state index in [1.807, 2.05) is 12.3 Å². The number of anilines is 1. The van der Waals surface area contributed by atoms with Crippen molar-refractivity contribution in [3.05, 3.63) is 35.7 Å². The molecule has 0 unspecified atom stereocenters. The number of hydrogen-bond acceptors (Lipinski definition) is 4. The van der Waals surface area contributed by atoms with Crippen LogP contribution >= 0.6 is 0 Å². The first-order chi connectivity index (χ1) is 11.7. The van der Waals surface area contributed by atoms with E-state index in [9.17, 15) is 4.79 Å². The molecular weight excluding hydrogens is 300 g/mol. The van der Waals surface area contributed by atoms with Gasteiger partial charge >= 0.3 is 0 Å². The van der Waals surface area contributed by atoms with Gasteiger partial charge in [0.1, 0.15) is 0 Å². The summed E-state index contributed by atoms with van der Waals surface area (Å²) in [6, 6.07) is 1.97. The van der Waals surface area contributed by atoms with E-state index >= 15 is 0 Å². The van der Waals surface area contributed by atoms with E-state index < -0.39 is 0 Å². The molecule has 0 spiro atoms. The SMILES string of the molecule is CN1CCN(c2cncc(C(=O)NCCC3=CCCCC3)c2)CC1. The largest absolute Gasteiger partial charge is 0.368 e. The molecule has 0 aromatic carbocycles. The minimum Gasteiger partial charge on any atom is -0.368 e. The molecule has 2 heterocycles. The zero-order valence-electron chi connectivity index (χ0n) is 14.6. The molecule has 5 nitrogen and oxygen atoms in total. The minimum atomic E-state index is -0.0186. The van der Waals surface area contributed by atoms with Gasteiger partial charge in [0.15, 0.2) is 0 Å². The van der Waals surface area contributed by atoms with Gasteiger partial charge in [-0.15, -0.1) is 0 Å². The molecule has 0 saturated carbocycles. The molecule has 1 aliphatic carbocycles. The lowest BCUT2D eigenvalue weighted by molar-refractivity contribution is 0.0953. The Balaban J connectivity index is 1.53. The number of nitrogens with one attached hydrogen (secondary N) is 1. The van der Waals surface area contributed by atoms with Gasteiger partial charge < -0.3 is 15.1 Å². The van der Waals surface area contributed by atoms with E-state index in [-0.39, 0.29) is 5.91 Å². The Hall–Kier alpha value is -1.88. The molecule has 0 radical (unpaired) electrons. The average Bonchev–Trinajstić information content (AvgIpc) is 2.63. The van der Waals surface area contributed by atoms with Gasteiger partial charge in [0.25, 0.3) is 5.91 Å². The van der Waals surface area contributed by atoms with Crippen molar-refractivity contribution in [3.8, 4) is 0 Å². The second-order valence-electron chi connectivity index (χ2n) is 6.84. The normalized spacial score (nSPS) is 19.0. The van der Waals surface area contributed by atoms with E-state index in [0.717, 1.165) is 38.3 Å². The summed E-state index contributed by atoms with van der Waals surface area (Å²) in [5, 5.41) is 3.04. The number of allylic oxidation sites excluding steroid dienone is 1. The van der Waals surface area contributed by atoms with Crippen LogP contribution < -0.4 is 10.2 Å². The first-order valence-electron chi connectivity index (χ1n) is 9.07. The zero-order chi connectivity index (χ0) is 16.8. The van der Waals surface area contributed by atoms with Crippen LogP contribution in [0, 0.1) is 0 Å². The number of rotatable bonds is 5. The summed E-state index contributed by atoms with van der Waals surface area (Å²) in [6.07, 6.45) is 11.8.